The van der Waals surface area contributed by atoms with Gasteiger partial charge in [-0.1, -0.05) is 6.07 Å². The number of methoxy groups -OCH3 is 2. The summed E-state index contributed by atoms with van der Waals surface area (Å²) < 4.78 is 16.4. The topological polar surface area (TPSA) is 83.6 Å². The Balaban J connectivity index is 1.28. The Kier molecular flexibility index (Phi) is 4.42. The van der Waals surface area contributed by atoms with Gasteiger partial charge in [0.1, 0.15) is 0 Å². The third-order valence-corrected chi connectivity index (χ3v) is 8.11. The lowest BCUT2D eigenvalue weighted by molar-refractivity contribution is -0.188. The van der Waals surface area contributed by atoms with Gasteiger partial charge in [-0.3, -0.25) is 4.79 Å². The van der Waals surface area contributed by atoms with Crippen molar-refractivity contribution in [1.29, 1.82) is 0 Å². The van der Waals surface area contributed by atoms with E-state index in [0.29, 0.717) is 29.5 Å². The quantitative estimate of drug-likeness (QED) is 0.608. The van der Waals surface area contributed by atoms with Gasteiger partial charge in [0, 0.05) is 35.2 Å². The van der Waals surface area contributed by atoms with Crippen molar-refractivity contribution < 1.29 is 24.2 Å². The molecule has 1 saturated carbocycles. The Hall–Kier alpha value is -2.77. The maximum atomic E-state index is 13.1. The van der Waals surface area contributed by atoms with Gasteiger partial charge >= 0.3 is 0 Å². The van der Waals surface area contributed by atoms with Gasteiger partial charge in [-0.2, -0.15) is 5.06 Å². The zero-order chi connectivity index (χ0) is 22.0. The smallest absolute Gasteiger partial charge is 0.251 e. The van der Waals surface area contributed by atoms with Crippen LogP contribution in [0.4, 0.5) is 0 Å². The molecule has 6 rings (SSSR count). The van der Waals surface area contributed by atoms with Crippen LogP contribution in [0.3, 0.4) is 0 Å². The fourth-order valence-corrected chi connectivity index (χ4v) is 6.61. The van der Waals surface area contributed by atoms with Crippen LogP contribution < -0.4 is 19.5 Å². The second-order valence-corrected chi connectivity index (χ2v) is 9.49. The number of carbonyl (C=O) groups is 1. The summed E-state index contributed by atoms with van der Waals surface area (Å²) in [5, 5.41) is 15.5. The van der Waals surface area contributed by atoms with E-state index in [1.807, 2.05) is 0 Å². The fraction of sp³-hybridized carbons (Fsp3) is 0.480. The third-order valence-electron chi connectivity index (χ3n) is 8.11. The van der Waals surface area contributed by atoms with Gasteiger partial charge in [0.25, 0.3) is 5.91 Å². The first kappa shape index (κ1) is 19.9. The van der Waals surface area contributed by atoms with Crippen molar-refractivity contribution in [3.63, 3.8) is 0 Å². The fourth-order valence-electron chi connectivity index (χ4n) is 6.61. The number of nitrogens with one attached hydrogen (secondary N) is 1. The molecule has 2 aromatic carbocycles. The van der Waals surface area contributed by atoms with E-state index in [1.165, 1.54) is 11.1 Å². The standard InChI is InChI=1S/C25H28N2O5/c1-30-20-7-3-14(11-22(20)31-2)24(28)26-15-4-5-18-19-12-16-17(6-8-21-23(16)32-21)25(18,13-15)9-10-27(19)29/h3,6-8,11,15,18-19,29H,4-5,9-10,12-13H2,1-2H3,(H,26,28)/t15-,18-,19+,25+/m0/s1. The van der Waals surface area contributed by atoms with Crippen LogP contribution in [-0.4, -0.2) is 49.0 Å². The first-order chi connectivity index (χ1) is 15.5. The van der Waals surface area contributed by atoms with Crippen LogP contribution in [0.1, 0.15) is 47.2 Å². The zero-order valence-electron chi connectivity index (χ0n) is 18.4. The van der Waals surface area contributed by atoms with Gasteiger partial charge in [-0.25, -0.2) is 0 Å². The molecule has 2 heterocycles. The highest BCUT2D eigenvalue weighted by Crippen LogP contribution is 2.61. The summed E-state index contributed by atoms with van der Waals surface area (Å²) in [7, 11) is 3.15. The molecule has 168 valence electrons. The summed E-state index contributed by atoms with van der Waals surface area (Å²) in [6.07, 6.45) is 4.50. The lowest BCUT2D eigenvalue weighted by atomic mass is 9.52. The number of piperidine rings is 1. The highest BCUT2D eigenvalue weighted by molar-refractivity contribution is 5.95. The molecule has 4 atom stereocenters. The molecule has 2 bridgehead atoms. The second-order valence-electron chi connectivity index (χ2n) is 9.49. The Morgan fingerprint density at radius 1 is 1.19 bits per heavy atom. The average Bonchev–Trinajstić information content (AvgIpc) is 3.61. The van der Waals surface area contributed by atoms with Crippen LogP contribution in [0.2, 0.25) is 0 Å². The molecule has 32 heavy (non-hydrogen) atoms. The molecule has 0 spiro atoms. The van der Waals surface area contributed by atoms with E-state index in [-0.39, 0.29) is 23.4 Å². The number of hydrogen-bond donors (Lipinski definition) is 2. The summed E-state index contributed by atoms with van der Waals surface area (Å²) in [6, 6.07) is 9.76. The minimum Gasteiger partial charge on any atom is -0.493 e. The summed E-state index contributed by atoms with van der Waals surface area (Å²) in [4.78, 5) is 13.1. The number of hydroxylamine groups is 2. The maximum Gasteiger partial charge on any atom is 0.251 e. The van der Waals surface area contributed by atoms with E-state index < -0.39 is 0 Å². The molecule has 7 heteroatoms. The molecule has 1 saturated heterocycles. The molecular weight excluding hydrogens is 408 g/mol. The Morgan fingerprint density at radius 3 is 2.84 bits per heavy atom. The van der Waals surface area contributed by atoms with E-state index in [0.717, 1.165) is 43.6 Å². The molecule has 0 radical (unpaired) electrons. The molecule has 2 aliphatic heterocycles. The molecule has 7 nitrogen and oxygen atoms in total. The number of carbonyl (C=O) groups excluding carboxylic acids is 1. The molecule has 0 unspecified atom stereocenters. The second kappa shape index (κ2) is 7.12. The van der Waals surface area contributed by atoms with Crippen molar-refractivity contribution in [3.05, 3.63) is 47.0 Å². The van der Waals surface area contributed by atoms with Gasteiger partial charge in [0.2, 0.25) is 0 Å². The summed E-state index contributed by atoms with van der Waals surface area (Å²) in [5.74, 6) is 3.42. The SMILES string of the molecule is COc1ccc(C(=O)N[C@H]2CC[C@H]3[C@H]4Cc5c(ccc6c5O6)[C@@]3(CCN4O)C2)cc1OC. The first-order valence-corrected chi connectivity index (χ1v) is 11.4. The minimum atomic E-state index is -0.0957. The monoisotopic (exact) mass is 436 g/mol. The predicted molar refractivity (Wildman–Crippen MR) is 117 cm³/mol. The van der Waals surface area contributed by atoms with Crippen LogP contribution in [-0.2, 0) is 11.8 Å². The van der Waals surface area contributed by atoms with Crippen molar-refractivity contribution in [2.75, 3.05) is 20.8 Å². The number of hydrogen-bond acceptors (Lipinski definition) is 6. The summed E-state index contributed by atoms with van der Waals surface area (Å²) >= 11 is 0. The molecule has 4 aliphatic rings. The Labute approximate surface area is 187 Å². The zero-order valence-corrected chi connectivity index (χ0v) is 18.4. The molecule has 2 fully saturated rings. The van der Waals surface area contributed by atoms with Gasteiger partial charge in [0.05, 0.1) is 14.2 Å². The van der Waals surface area contributed by atoms with E-state index in [2.05, 4.69) is 17.4 Å². The Morgan fingerprint density at radius 2 is 2.03 bits per heavy atom. The number of amides is 1. The normalized spacial score (nSPS) is 29.7. The van der Waals surface area contributed by atoms with Gasteiger partial charge in [-0.05, 0) is 67.9 Å². The molecule has 0 aromatic heterocycles. The molecule has 1 amide bonds. The van der Waals surface area contributed by atoms with Crippen LogP contribution in [0.15, 0.2) is 30.3 Å². The van der Waals surface area contributed by atoms with Crippen LogP contribution in [0.25, 0.3) is 0 Å². The van der Waals surface area contributed by atoms with Crippen LogP contribution in [0.5, 0.6) is 23.0 Å². The molecular formula is C25H28N2O5. The number of fused-ring (bicyclic) bond motifs is 3. The van der Waals surface area contributed by atoms with Crippen LogP contribution in [0, 0.1) is 5.92 Å². The Bertz CT molecular complexity index is 1100. The molecule has 2 aliphatic carbocycles. The lowest BCUT2D eigenvalue weighted by Crippen LogP contribution is -2.62. The molecule has 2 aromatic rings. The van der Waals surface area contributed by atoms with Crippen molar-refractivity contribution in [2.45, 2.75) is 49.6 Å². The number of rotatable bonds is 4. The van der Waals surface area contributed by atoms with Crippen LogP contribution >= 0.6 is 0 Å². The van der Waals surface area contributed by atoms with Gasteiger partial charge in [-0.15, -0.1) is 0 Å². The van der Waals surface area contributed by atoms with Gasteiger partial charge < -0.3 is 24.7 Å². The van der Waals surface area contributed by atoms with E-state index in [9.17, 15) is 10.0 Å². The summed E-state index contributed by atoms with van der Waals surface area (Å²) in [6.45, 7) is 0.662. The largest absolute Gasteiger partial charge is 0.493 e. The maximum absolute atomic E-state index is 13.1. The average molecular weight is 437 g/mol. The first-order valence-electron chi connectivity index (χ1n) is 11.4. The predicted octanol–water partition coefficient (Wildman–Crippen LogP) is 3.67. The highest BCUT2D eigenvalue weighted by atomic mass is 16.6. The van der Waals surface area contributed by atoms with Crippen molar-refractivity contribution >= 4 is 5.91 Å². The van der Waals surface area contributed by atoms with Crippen molar-refractivity contribution in [2.24, 2.45) is 5.92 Å². The summed E-state index contributed by atoms with van der Waals surface area (Å²) in [5.41, 5.74) is 3.15. The van der Waals surface area contributed by atoms with Gasteiger partial charge in [0.15, 0.2) is 23.0 Å². The molecule has 2 N–H and O–H groups in total. The number of nitrogens with zero attached hydrogens (tertiary/aromatic N) is 1. The highest BCUT2D eigenvalue weighted by Gasteiger charge is 2.57. The minimum absolute atomic E-state index is 0.0355. The van der Waals surface area contributed by atoms with E-state index in [4.69, 9.17) is 14.2 Å². The number of benzene rings is 2. The van der Waals surface area contributed by atoms with Crippen molar-refractivity contribution in [3.8, 4) is 23.0 Å². The third kappa shape index (κ3) is 2.84. The lowest BCUT2D eigenvalue weighted by Gasteiger charge is -2.58. The van der Waals surface area contributed by atoms with Crippen molar-refractivity contribution in [1.82, 2.24) is 10.4 Å². The van der Waals surface area contributed by atoms with E-state index >= 15 is 0 Å². The number of ether oxygens (including phenoxy) is 3. The van der Waals surface area contributed by atoms with E-state index in [1.54, 1.807) is 37.5 Å².